The van der Waals surface area contributed by atoms with E-state index in [1.54, 1.807) is 9.80 Å². The zero-order valence-electron chi connectivity index (χ0n) is 12.1. The van der Waals surface area contributed by atoms with Crippen molar-refractivity contribution in [2.45, 2.75) is 50.6 Å². The van der Waals surface area contributed by atoms with Gasteiger partial charge in [-0.1, -0.05) is 19.3 Å². The van der Waals surface area contributed by atoms with Gasteiger partial charge in [-0.15, -0.1) is 0 Å². The van der Waals surface area contributed by atoms with Crippen LogP contribution in [-0.4, -0.2) is 65.8 Å². The molecule has 1 saturated heterocycles. The van der Waals surface area contributed by atoms with Crippen molar-refractivity contribution in [1.82, 2.24) is 9.80 Å². The molecule has 0 aromatic heterocycles. The second-order valence-corrected chi connectivity index (χ2v) is 5.71. The van der Waals surface area contributed by atoms with Gasteiger partial charge in [-0.2, -0.15) is 0 Å². The van der Waals surface area contributed by atoms with Crippen LogP contribution in [0, 0.1) is 0 Å². The summed E-state index contributed by atoms with van der Waals surface area (Å²) in [6, 6.07) is -0.101. The molecule has 6 heteroatoms. The molecule has 20 heavy (non-hydrogen) atoms. The van der Waals surface area contributed by atoms with Gasteiger partial charge in [-0.05, 0) is 12.8 Å². The highest BCUT2D eigenvalue weighted by molar-refractivity contribution is 5.76. The van der Waals surface area contributed by atoms with Crippen LogP contribution >= 0.6 is 0 Å². The van der Waals surface area contributed by atoms with E-state index in [2.05, 4.69) is 0 Å². The Hall–Kier alpha value is -1.30. The molecule has 114 valence electrons. The number of amides is 2. The number of carboxylic acids is 1. The predicted octanol–water partition coefficient (Wildman–Crippen LogP) is 1.55. The monoisotopic (exact) mass is 284 g/mol. The van der Waals surface area contributed by atoms with Crippen LogP contribution < -0.4 is 0 Å². The Balaban J connectivity index is 1.98. The second-order valence-electron chi connectivity index (χ2n) is 5.71. The fourth-order valence-corrected chi connectivity index (χ4v) is 3.10. The lowest BCUT2D eigenvalue weighted by molar-refractivity contribution is -0.139. The van der Waals surface area contributed by atoms with Gasteiger partial charge in [0.1, 0.15) is 0 Å². The molecule has 0 aromatic carbocycles. The minimum absolute atomic E-state index is 0.0496. The highest BCUT2D eigenvalue weighted by Gasteiger charge is 2.33. The first-order valence-electron chi connectivity index (χ1n) is 7.42. The highest BCUT2D eigenvalue weighted by atomic mass is 16.5. The molecule has 0 bridgehead atoms. The Kier molecular flexibility index (Phi) is 5.23. The van der Waals surface area contributed by atoms with E-state index in [1.807, 2.05) is 7.05 Å². The largest absolute Gasteiger partial charge is 0.481 e. The number of urea groups is 1. The molecule has 0 aromatic rings. The summed E-state index contributed by atoms with van der Waals surface area (Å²) in [5.74, 6) is -0.890. The predicted molar refractivity (Wildman–Crippen MR) is 73.6 cm³/mol. The Labute approximate surface area is 119 Å². The number of carbonyl (C=O) groups is 2. The number of carbonyl (C=O) groups excluding carboxylic acids is 1. The molecule has 2 fully saturated rings. The van der Waals surface area contributed by atoms with E-state index in [0.29, 0.717) is 25.8 Å². The fraction of sp³-hybridized carbons (Fsp3) is 0.857. The van der Waals surface area contributed by atoms with E-state index in [4.69, 9.17) is 9.84 Å². The third-order valence-corrected chi connectivity index (χ3v) is 4.31. The number of hydrogen-bond donors (Lipinski definition) is 1. The average molecular weight is 284 g/mol. The van der Waals surface area contributed by atoms with Crippen LogP contribution in [0.15, 0.2) is 0 Å². The van der Waals surface area contributed by atoms with Crippen molar-refractivity contribution in [2.24, 2.45) is 0 Å². The van der Waals surface area contributed by atoms with Crippen LogP contribution in [0.4, 0.5) is 4.79 Å². The maximum absolute atomic E-state index is 12.6. The molecule has 6 nitrogen and oxygen atoms in total. The fourth-order valence-electron chi connectivity index (χ4n) is 3.10. The zero-order chi connectivity index (χ0) is 14.5. The summed E-state index contributed by atoms with van der Waals surface area (Å²) in [7, 11) is 1.84. The van der Waals surface area contributed by atoms with Crippen LogP contribution in [0.1, 0.15) is 38.5 Å². The van der Waals surface area contributed by atoms with Crippen molar-refractivity contribution >= 4 is 12.0 Å². The Morgan fingerprint density at radius 1 is 1.30 bits per heavy atom. The molecule has 1 unspecified atom stereocenters. The molecular formula is C14H24N2O4. The molecule has 1 atom stereocenters. The van der Waals surface area contributed by atoms with Crippen molar-refractivity contribution in [1.29, 1.82) is 0 Å². The molecule has 1 N–H and O–H groups in total. The topological polar surface area (TPSA) is 70.1 Å². The summed E-state index contributed by atoms with van der Waals surface area (Å²) in [6.07, 6.45) is 5.64. The van der Waals surface area contributed by atoms with Crippen molar-refractivity contribution < 1.29 is 19.4 Å². The lowest BCUT2D eigenvalue weighted by Crippen LogP contribution is -2.55. The van der Waals surface area contributed by atoms with Gasteiger partial charge in [-0.3, -0.25) is 4.79 Å². The van der Waals surface area contributed by atoms with E-state index in [1.165, 1.54) is 19.3 Å². The summed E-state index contributed by atoms with van der Waals surface area (Å²) < 4.78 is 5.31. The molecule has 1 aliphatic heterocycles. The number of morpholine rings is 1. The van der Waals surface area contributed by atoms with Crippen LogP contribution in [-0.2, 0) is 9.53 Å². The van der Waals surface area contributed by atoms with Crippen LogP contribution in [0.5, 0.6) is 0 Å². The summed E-state index contributed by atoms with van der Waals surface area (Å²) >= 11 is 0. The van der Waals surface area contributed by atoms with E-state index in [-0.39, 0.29) is 18.5 Å². The van der Waals surface area contributed by atoms with Gasteiger partial charge in [0.05, 0.1) is 25.7 Å². The van der Waals surface area contributed by atoms with Crippen LogP contribution in [0.25, 0.3) is 0 Å². The SMILES string of the molecule is CN(C(=O)N1CCOCC1CC(=O)O)C1CCCCC1. The van der Waals surface area contributed by atoms with Gasteiger partial charge >= 0.3 is 12.0 Å². The number of ether oxygens (including phenoxy) is 1. The molecule has 0 radical (unpaired) electrons. The highest BCUT2D eigenvalue weighted by Crippen LogP contribution is 2.23. The van der Waals surface area contributed by atoms with E-state index in [0.717, 1.165) is 12.8 Å². The maximum Gasteiger partial charge on any atom is 0.320 e. The van der Waals surface area contributed by atoms with E-state index in [9.17, 15) is 9.59 Å². The summed E-state index contributed by atoms with van der Waals surface area (Å²) in [5, 5.41) is 8.95. The minimum atomic E-state index is -0.890. The number of hydrogen-bond acceptors (Lipinski definition) is 3. The molecule has 2 aliphatic rings. The van der Waals surface area contributed by atoms with Gasteiger partial charge in [0.25, 0.3) is 0 Å². The first-order chi connectivity index (χ1) is 9.59. The van der Waals surface area contributed by atoms with Gasteiger partial charge in [0.2, 0.25) is 0 Å². The first-order valence-corrected chi connectivity index (χ1v) is 7.42. The van der Waals surface area contributed by atoms with Crippen LogP contribution in [0.3, 0.4) is 0 Å². The van der Waals surface area contributed by atoms with Crippen molar-refractivity contribution in [3.63, 3.8) is 0 Å². The minimum Gasteiger partial charge on any atom is -0.481 e. The summed E-state index contributed by atoms with van der Waals surface area (Å²) in [4.78, 5) is 27.0. The molecule has 2 amide bonds. The molecule has 1 heterocycles. The zero-order valence-corrected chi connectivity index (χ0v) is 12.1. The summed E-state index contributed by atoms with van der Waals surface area (Å²) in [6.45, 7) is 1.28. The van der Waals surface area contributed by atoms with Crippen molar-refractivity contribution in [2.75, 3.05) is 26.8 Å². The average Bonchev–Trinajstić information content (AvgIpc) is 2.46. The second kappa shape index (κ2) is 6.92. The summed E-state index contributed by atoms with van der Waals surface area (Å²) in [5.41, 5.74) is 0. The van der Waals surface area contributed by atoms with Crippen LogP contribution in [0.2, 0.25) is 0 Å². The van der Waals surface area contributed by atoms with Gasteiger partial charge in [0.15, 0.2) is 0 Å². The quantitative estimate of drug-likeness (QED) is 0.853. The lowest BCUT2D eigenvalue weighted by Gasteiger charge is -2.40. The number of nitrogens with zero attached hydrogens (tertiary/aromatic N) is 2. The standard InChI is InChI=1S/C14H24N2O4/c1-15(11-5-3-2-4-6-11)14(19)16-7-8-20-10-12(16)9-13(17)18/h11-12H,2-10H2,1H3,(H,17,18). The molecular weight excluding hydrogens is 260 g/mol. The number of rotatable bonds is 3. The van der Waals surface area contributed by atoms with Crippen molar-refractivity contribution in [3.05, 3.63) is 0 Å². The van der Waals surface area contributed by atoms with Crippen molar-refractivity contribution in [3.8, 4) is 0 Å². The third-order valence-electron chi connectivity index (χ3n) is 4.31. The van der Waals surface area contributed by atoms with Gasteiger partial charge in [-0.25, -0.2) is 4.79 Å². The molecule has 1 aliphatic carbocycles. The normalized spacial score (nSPS) is 24.4. The third kappa shape index (κ3) is 3.62. The first kappa shape index (κ1) is 15.1. The maximum atomic E-state index is 12.6. The van der Waals surface area contributed by atoms with Gasteiger partial charge < -0.3 is 19.6 Å². The molecule has 0 spiro atoms. The number of aliphatic carboxylic acids is 1. The molecule has 1 saturated carbocycles. The lowest BCUT2D eigenvalue weighted by atomic mass is 9.94. The van der Waals surface area contributed by atoms with E-state index >= 15 is 0 Å². The Morgan fingerprint density at radius 3 is 2.65 bits per heavy atom. The van der Waals surface area contributed by atoms with Gasteiger partial charge in [0, 0.05) is 19.6 Å². The molecule has 2 rings (SSSR count). The Morgan fingerprint density at radius 2 is 2.00 bits per heavy atom. The smallest absolute Gasteiger partial charge is 0.320 e. The Bertz CT molecular complexity index is 355. The van der Waals surface area contributed by atoms with E-state index < -0.39 is 5.97 Å². The number of carboxylic acid groups (broad SMARTS) is 1.